The average Bonchev–Trinajstić information content (AvgIpc) is 2.49. The third-order valence-electron chi connectivity index (χ3n) is 3.63. The maximum absolute atomic E-state index is 12.1. The summed E-state index contributed by atoms with van der Waals surface area (Å²) >= 11 is 0. The Morgan fingerprint density at radius 1 is 1.14 bits per heavy atom. The number of anilines is 1. The van der Waals surface area contributed by atoms with Crippen molar-refractivity contribution < 1.29 is 14.3 Å². The third kappa shape index (κ3) is 4.34. The van der Waals surface area contributed by atoms with Gasteiger partial charge in [0.05, 0.1) is 20.8 Å². The molecule has 0 unspecified atom stereocenters. The largest absolute Gasteiger partial charge is 0.493 e. The molecule has 1 aliphatic heterocycles. The highest BCUT2D eigenvalue weighted by Gasteiger charge is 2.16. The number of piperazine rings is 1. The van der Waals surface area contributed by atoms with Crippen LogP contribution >= 0.6 is 0 Å². The molecule has 6 heteroatoms. The lowest BCUT2D eigenvalue weighted by Crippen LogP contribution is -2.47. The zero-order chi connectivity index (χ0) is 15.2. The Kier molecular flexibility index (Phi) is 5.41. The number of nitrogens with zero attached hydrogens (tertiary/aromatic N) is 2. The number of nitrogens with one attached hydrogen (secondary N) is 1. The zero-order valence-corrected chi connectivity index (χ0v) is 12.9. The molecule has 1 saturated heterocycles. The normalized spacial score (nSPS) is 16.5. The monoisotopic (exact) mass is 293 g/mol. The molecule has 1 aromatic rings. The second kappa shape index (κ2) is 7.28. The first-order valence-corrected chi connectivity index (χ1v) is 7.05. The van der Waals surface area contributed by atoms with Crippen LogP contribution in [0.25, 0.3) is 0 Å². The van der Waals surface area contributed by atoms with Crippen molar-refractivity contribution in [3.63, 3.8) is 0 Å². The first-order valence-electron chi connectivity index (χ1n) is 7.05. The van der Waals surface area contributed by atoms with Crippen molar-refractivity contribution in [1.82, 2.24) is 9.80 Å². The number of rotatable bonds is 5. The highest BCUT2D eigenvalue weighted by Crippen LogP contribution is 2.29. The van der Waals surface area contributed by atoms with E-state index in [9.17, 15) is 4.79 Å². The first kappa shape index (κ1) is 15.6. The van der Waals surface area contributed by atoms with Crippen LogP contribution in [0.15, 0.2) is 18.2 Å². The Morgan fingerprint density at radius 2 is 1.81 bits per heavy atom. The van der Waals surface area contributed by atoms with Crippen molar-refractivity contribution in [2.45, 2.75) is 0 Å². The molecule has 2 rings (SSSR count). The fourth-order valence-corrected chi connectivity index (χ4v) is 2.32. The minimum atomic E-state index is -0.00762. The van der Waals surface area contributed by atoms with Crippen LogP contribution in [0.1, 0.15) is 0 Å². The SMILES string of the molecule is COc1ccc(NC(=O)CN2CCN(C)CC2)cc1OC. The topological polar surface area (TPSA) is 54.0 Å². The maximum atomic E-state index is 12.1. The van der Waals surface area contributed by atoms with Gasteiger partial charge in [-0.2, -0.15) is 0 Å². The van der Waals surface area contributed by atoms with Crippen molar-refractivity contribution in [2.75, 3.05) is 59.3 Å². The molecule has 1 aliphatic rings. The van der Waals surface area contributed by atoms with E-state index in [0.29, 0.717) is 23.7 Å². The Hall–Kier alpha value is -1.79. The van der Waals surface area contributed by atoms with Gasteiger partial charge in [-0.1, -0.05) is 0 Å². The Balaban J connectivity index is 1.90. The smallest absolute Gasteiger partial charge is 0.238 e. The van der Waals surface area contributed by atoms with Crippen LogP contribution in [0.4, 0.5) is 5.69 Å². The summed E-state index contributed by atoms with van der Waals surface area (Å²) in [6.07, 6.45) is 0. The fraction of sp³-hybridized carbons (Fsp3) is 0.533. The second-order valence-electron chi connectivity index (χ2n) is 5.20. The summed E-state index contributed by atoms with van der Waals surface area (Å²) in [5.41, 5.74) is 0.715. The predicted octanol–water partition coefficient (Wildman–Crippen LogP) is 0.890. The zero-order valence-electron chi connectivity index (χ0n) is 12.9. The Bertz CT molecular complexity index is 485. The maximum Gasteiger partial charge on any atom is 0.238 e. The lowest BCUT2D eigenvalue weighted by Gasteiger charge is -2.31. The predicted molar refractivity (Wildman–Crippen MR) is 82.1 cm³/mol. The third-order valence-corrected chi connectivity index (χ3v) is 3.63. The van der Waals surface area contributed by atoms with Gasteiger partial charge in [-0.15, -0.1) is 0 Å². The molecule has 116 valence electrons. The van der Waals surface area contributed by atoms with Crippen molar-refractivity contribution >= 4 is 11.6 Å². The molecule has 0 radical (unpaired) electrons. The van der Waals surface area contributed by atoms with E-state index in [4.69, 9.17) is 9.47 Å². The number of methoxy groups -OCH3 is 2. The standard InChI is InChI=1S/C15H23N3O3/c1-17-6-8-18(9-7-17)11-15(19)16-12-4-5-13(20-2)14(10-12)21-3/h4-5,10H,6-9,11H2,1-3H3,(H,16,19). The number of hydrogen-bond donors (Lipinski definition) is 1. The van der Waals surface area contributed by atoms with Crippen molar-refractivity contribution in [1.29, 1.82) is 0 Å². The fourth-order valence-electron chi connectivity index (χ4n) is 2.32. The van der Waals surface area contributed by atoms with Crippen LogP contribution in [0, 0.1) is 0 Å². The Morgan fingerprint density at radius 3 is 2.43 bits per heavy atom. The molecule has 0 bridgehead atoms. The molecule has 0 saturated carbocycles. The number of likely N-dealkylation sites (N-methyl/N-ethyl adjacent to an activating group) is 1. The van der Waals surface area contributed by atoms with Crippen LogP contribution in [0.5, 0.6) is 11.5 Å². The number of carbonyl (C=O) groups is 1. The number of amides is 1. The summed E-state index contributed by atoms with van der Waals surface area (Å²) in [6.45, 7) is 4.28. The summed E-state index contributed by atoms with van der Waals surface area (Å²) in [6, 6.07) is 5.36. The molecule has 1 fully saturated rings. The molecule has 6 nitrogen and oxygen atoms in total. The number of ether oxygens (including phenoxy) is 2. The molecule has 0 atom stereocenters. The van der Waals surface area contributed by atoms with Gasteiger partial charge in [0.1, 0.15) is 0 Å². The average molecular weight is 293 g/mol. The Labute approximate surface area is 125 Å². The quantitative estimate of drug-likeness (QED) is 0.874. The lowest BCUT2D eigenvalue weighted by atomic mass is 10.2. The summed E-state index contributed by atoms with van der Waals surface area (Å²) in [5.74, 6) is 1.25. The number of benzene rings is 1. The van der Waals surface area contributed by atoms with Crippen LogP contribution in [0.3, 0.4) is 0 Å². The molecule has 0 spiro atoms. The second-order valence-corrected chi connectivity index (χ2v) is 5.20. The molecule has 21 heavy (non-hydrogen) atoms. The van der Waals surface area contributed by atoms with Gasteiger partial charge in [-0.05, 0) is 19.2 Å². The van der Waals surface area contributed by atoms with Crippen molar-refractivity contribution in [3.05, 3.63) is 18.2 Å². The van der Waals surface area contributed by atoms with E-state index >= 15 is 0 Å². The van der Waals surface area contributed by atoms with E-state index < -0.39 is 0 Å². The van der Waals surface area contributed by atoms with Crippen LogP contribution in [0.2, 0.25) is 0 Å². The van der Waals surface area contributed by atoms with Crippen molar-refractivity contribution in [2.24, 2.45) is 0 Å². The van der Waals surface area contributed by atoms with E-state index in [2.05, 4.69) is 22.2 Å². The van der Waals surface area contributed by atoms with Gasteiger partial charge in [0.2, 0.25) is 5.91 Å². The van der Waals surface area contributed by atoms with E-state index in [1.165, 1.54) is 0 Å². The van der Waals surface area contributed by atoms with Gasteiger partial charge < -0.3 is 19.7 Å². The minimum absolute atomic E-state index is 0.00762. The van der Waals surface area contributed by atoms with E-state index in [1.807, 2.05) is 6.07 Å². The number of hydrogen-bond acceptors (Lipinski definition) is 5. The van der Waals surface area contributed by atoms with Gasteiger partial charge in [-0.25, -0.2) is 0 Å². The molecule has 0 aliphatic carbocycles. The lowest BCUT2D eigenvalue weighted by molar-refractivity contribution is -0.117. The summed E-state index contributed by atoms with van der Waals surface area (Å²) < 4.78 is 10.4. The highest BCUT2D eigenvalue weighted by atomic mass is 16.5. The van der Waals surface area contributed by atoms with Gasteiger partial charge >= 0.3 is 0 Å². The van der Waals surface area contributed by atoms with Crippen LogP contribution < -0.4 is 14.8 Å². The summed E-state index contributed by atoms with van der Waals surface area (Å²) in [7, 11) is 5.26. The highest BCUT2D eigenvalue weighted by molar-refractivity contribution is 5.92. The van der Waals surface area contributed by atoms with E-state index in [1.54, 1.807) is 26.4 Å². The van der Waals surface area contributed by atoms with Crippen LogP contribution in [-0.4, -0.2) is 69.7 Å². The number of carbonyl (C=O) groups excluding carboxylic acids is 1. The van der Waals surface area contributed by atoms with Crippen molar-refractivity contribution in [3.8, 4) is 11.5 Å². The van der Waals surface area contributed by atoms with E-state index in [0.717, 1.165) is 26.2 Å². The molecule has 1 heterocycles. The molecule has 1 aromatic carbocycles. The summed E-state index contributed by atoms with van der Waals surface area (Å²) in [5, 5.41) is 2.90. The molecule has 0 aromatic heterocycles. The first-order chi connectivity index (χ1) is 10.1. The van der Waals surface area contributed by atoms with Gasteiger partial charge in [0.15, 0.2) is 11.5 Å². The molecular weight excluding hydrogens is 270 g/mol. The molecule has 1 amide bonds. The molecular formula is C15H23N3O3. The van der Waals surface area contributed by atoms with Gasteiger partial charge in [-0.3, -0.25) is 9.69 Å². The minimum Gasteiger partial charge on any atom is -0.493 e. The van der Waals surface area contributed by atoms with Gasteiger partial charge in [0, 0.05) is 37.9 Å². The van der Waals surface area contributed by atoms with E-state index in [-0.39, 0.29) is 5.91 Å². The van der Waals surface area contributed by atoms with Gasteiger partial charge in [0.25, 0.3) is 0 Å². The van der Waals surface area contributed by atoms with Crippen LogP contribution in [-0.2, 0) is 4.79 Å². The summed E-state index contributed by atoms with van der Waals surface area (Å²) in [4.78, 5) is 16.5. The molecule has 1 N–H and O–H groups in total.